The first kappa shape index (κ1) is 29.3. The summed E-state index contributed by atoms with van der Waals surface area (Å²) in [6, 6.07) is 13.1. The van der Waals surface area contributed by atoms with Crippen LogP contribution in [0.4, 0.5) is 4.79 Å². The first-order chi connectivity index (χ1) is 18.0. The number of methoxy groups -OCH3 is 1. The summed E-state index contributed by atoms with van der Waals surface area (Å²) in [6.07, 6.45) is -1.90. The molecule has 0 aliphatic carbocycles. The Kier molecular flexibility index (Phi) is 10.3. The van der Waals surface area contributed by atoms with Crippen molar-refractivity contribution in [3.8, 4) is 0 Å². The standard InChI is InChI=1S/C25H31N7O6/c1-38-24(37)32-25(10-9-20(34)35,12-16-3-2-4-18(11-16)22(28)29)23(36)31-14-19(33)30-13-15-5-7-17(8-6-15)21(26)27/h2-8,11H,9-10,12-14H2,1H3,(H3,26,27)(H3,28,29)(H,30,33)(H,31,36)(H,32,37)(H,34,35)/t25-/m0/s1. The number of nitrogen functional groups attached to an aromatic ring is 2. The number of rotatable bonds is 13. The van der Waals surface area contributed by atoms with E-state index < -0.39 is 42.4 Å². The molecule has 13 heteroatoms. The van der Waals surface area contributed by atoms with Crippen LogP contribution in [0.2, 0.25) is 0 Å². The molecule has 1 atom stereocenters. The molecule has 0 heterocycles. The van der Waals surface area contributed by atoms with E-state index in [0.29, 0.717) is 16.7 Å². The maximum absolute atomic E-state index is 13.4. The predicted molar refractivity (Wildman–Crippen MR) is 139 cm³/mol. The van der Waals surface area contributed by atoms with E-state index in [1.807, 2.05) is 0 Å². The van der Waals surface area contributed by atoms with E-state index in [4.69, 9.17) is 22.3 Å². The zero-order valence-electron chi connectivity index (χ0n) is 20.8. The normalized spacial score (nSPS) is 11.9. The number of hydrogen-bond acceptors (Lipinski definition) is 7. The Morgan fingerprint density at radius 1 is 0.947 bits per heavy atom. The monoisotopic (exact) mass is 525 g/mol. The molecule has 0 aliphatic heterocycles. The number of carboxylic acid groups (broad SMARTS) is 1. The highest BCUT2D eigenvalue weighted by Gasteiger charge is 2.41. The van der Waals surface area contributed by atoms with Gasteiger partial charge < -0.3 is 37.3 Å². The smallest absolute Gasteiger partial charge is 0.407 e. The molecule has 10 N–H and O–H groups in total. The van der Waals surface area contributed by atoms with E-state index in [2.05, 4.69) is 20.7 Å². The number of amides is 3. The highest BCUT2D eigenvalue weighted by atomic mass is 16.5. The molecule has 3 amide bonds. The quantitative estimate of drug-likeness (QED) is 0.132. The van der Waals surface area contributed by atoms with Gasteiger partial charge in [-0.15, -0.1) is 0 Å². The number of nitrogens with one attached hydrogen (secondary N) is 5. The number of nitrogens with two attached hydrogens (primary N) is 2. The summed E-state index contributed by atoms with van der Waals surface area (Å²) in [5.41, 5.74) is 11.3. The van der Waals surface area contributed by atoms with Gasteiger partial charge in [-0.2, -0.15) is 0 Å². The van der Waals surface area contributed by atoms with E-state index in [-0.39, 0.29) is 31.1 Å². The van der Waals surface area contributed by atoms with Gasteiger partial charge in [-0.25, -0.2) is 4.79 Å². The van der Waals surface area contributed by atoms with E-state index in [9.17, 15) is 24.3 Å². The van der Waals surface area contributed by atoms with Crippen LogP contribution in [0.25, 0.3) is 0 Å². The summed E-state index contributed by atoms with van der Waals surface area (Å²) in [5.74, 6) is -2.81. The number of aliphatic carboxylic acids is 1. The summed E-state index contributed by atoms with van der Waals surface area (Å²) in [6.45, 7) is -0.301. The number of carboxylic acids is 1. The Hall–Kier alpha value is -4.94. The molecule has 202 valence electrons. The van der Waals surface area contributed by atoms with E-state index >= 15 is 0 Å². The van der Waals surface area contributed by atoms with E-state index in [1.54, 1.807) is 48.5 Å². The number of carbonyl (C=O) groups excluding carboxylic acids is 3. The molecule has 0 aromatic heterocycles. The Labute approximate surface area is 218 Å². The first-order valence-electron chi connectivity index (χ1n) is 11.5. The fourth-order valence-corrected chi connectivity index (χ4v) is 3.60. The highest BCUT2D eigenvalue weighted by molar-refractivity contribution is 5.96. The molecule has 2 rings (SSSR count). The van der Waals surface area contributed by atoms with Crippen LogP contribution < -0.4 is 27.4 Å². The lowest BCUT2D eigenvalue weighted by Crippen LogP contribution is -2.61. The van der Waals surface area contributed by atoms with Gasteiger partial charge in [-0.1, -0.05) is 42.5 Å². The number of alkyl carbamates (subject to hydrolysis) is 1. The average Bonchev–Trinajstić information content (AvgIpc) is 2.89. The molecule has 0 radical (unpaired) electrons. The third-order valence-corrected chi connectivity index (χ3v) is 5.64. The van der Waals surface area contributed by atoms with Gasteiger partial charge in [0.05, 0.1) is 13.7 Å². The predicted octanol–water partition coefficient (Wildman–Crippen LogP) is 0.189. The zero-order valence-corrected chi connectivity index (χ0v) is 20.8. The Bertz CT molecular complexity index is 1210. The van der Waals surface area contributed by atoms with Gasteiger partial charge >= 0.3 is 12.1 Å². The number of ether oxygens (including phenoxy) is 1. The van der Waals surface area contributed by atoms with Gasteiger partial charge in [0, 0.05) is 30.5 Å². The minimum absolute atomic E-state index is 0.0803. The third kappa shape index (κ3) is 8.62. The lowest BCUT2D eigenvalue weighted by Gasteiger charge is -2.33. The summed E-state index contributed by atoms with van der Waals surface area (Å²) in [4.78, 5) is 49.4. The topological polar surface area (TPSA) is 234 Å². The molecule has 0 aliphatic rings. The van der Waals surface area contributed by atoms with Crippen molar-refractivity contribution in [3.05, 3.63) is 70.8 Å². The van der Waals surface area contributed by atoms with Crippen LogP contribution in [0.15, 0.2) is 48.5 Å². The van der Waals surface area contributed by atoms with Crippen LogP contribution in [0.5, 0.6) is 0 Å². The van der Waals surface area contributed by atoms with Crippen molar-refractivity contribution in [1.82, 2.24) is 16.0 Å². The van der Waals surface area contributed by atoms with Crippen molar-refractivity contribution >= 4 is 35.5 Å². The van der Waals surface area contributed by atoms with Gasteiger partial charge in [0.15, 0.2) is 0 Å². The number of benzene rings is 2. The van der Waals surface area contributed by atoms with Gasteiger partial charge in [0.2, 0.25) is 11.8 Å². The molecular weight excluding hydrogens is 494 g/mol. The summed E-state index contributed by atoms with van der Waals surface area (Å²) in [5, 5.41) is 31.9. The second-order valence-electron chi connectivity index (χ2n) is 8.45. The third-order valence-electron chi connectivity index (χ3n) is 5.64. The SMILES string of the molecule is COC(=O)N[C@@](CCC(=O)O)(Cc1cccc(C(=N)N)c1)C(=O)NCC(=O)NCc1ccc(C(=N)N)cc1. The molecule has 0 saturated carbocycles. The molecule has 0 spiro atoms. The van der Waals surface area contributed by atoms with Crippen molar-refractivity contribution < 1.29 is 29.0 Å². The van der Waals surface area contributed by atoms with Crippen molar-refractivity contribution in [2.75, 3.05) is 13.7 Å². The van der Waals surface area contributed by atoms with E-state index in [1.165, 1.54) is 0 Å². The van der Waals surface area contributed by atoms with Gasteiger partial charge in [-0.05, 0) is 23.6 Å². The van der Waals surface area contributed by atoms with Crippen LogP contribution in [0, 0.1) is 10.8 Å². The van der Waals surface area contributed by atoms with Crippen LogP contribution in [0.1, 0.15) is 35.1 Å². The Morgan fingerprint density at radius 2 is 1.61 bits per heavy atom. The van der Waals surface area contributed by atoms with Gasteiger partial charge in [-0.3, -0.25) is 25.2 Å². The highest BCUT2D eigenvalue weighted by Crippen LogP contribution is 2.22. The van der Waals surface area contributed by atoms with Crippen molar-refractivity contribution in [1.29, 1.82) is 10.8 Å². The minimum Gasteiger partial charge on any atom is -0.481 e. The largest absolute Gasteiger partial charge is 0.481 e. The summed E-state index contributed by atoms with van der Waals surface area (Å²) < 4.78 is 4.67. The maximum Gasteiger partial charge on any atom is 0.407 e. The van der Waals surface area contributed by atoms with Crippen LogP contribution in [0.3, 0.4) is 0 Å². The van der Waals surface area contributed by atoms with E-state index in [0.717, 1.165) is 12.7 Å². The molecule has 2 aromatic carbocycles. The number of amidine groups is 2. The molecule has 13 nitrogen and oxygen atoms in total. The minimum atomic E-state index is -1.79. The van der Waals surface area contributed by atoms with Gasteiger partial charge in [0.25, 0.3) is 0 Å². The second kappa shape index (κ2) is 13.4. The Balaban J connectivity index is 2.19. The second-order valence-corrected chi connectivity index (χ2v) is 8.45. The molecular formula is C25H31N7O6. The summed E-state index contributed by atoms with van der Waals surface area (Å²) in [7, 11) is 1.10. The van der Waals surface area contributed by atoms with Crippen molar-refractivity contribution in [2.24, 2.45) is 11.5 Å². The lowest BCUT2D eigenvalue weighted by atomic mass is 9.84. The number of hydrogen-bond donors (Lipinski definition) is 8. The van der Waals surface area contributed by atoms with Crippen molar-refractivity contribution in [3.63, 3.8) is 0 Å². The van der Waals surface area contributed by atoms with Gasteiger partial charge in [0.1, 0.15) is 17.2 Å². The maximum atomic E-state index is 13.4. The molecule has 2 aromatic rings. The first-order valence-corrected chi connectivity index (χ1v) is 11.5. The molecule has 38 heavy (non-hydrogen) atoms. The Morgan fingerprint density at radius 3 is 2.18 bits per heavy atom. The zero-order chi connectivity index (χ0) is 28.3. The van der Waals surface area contributed by atoms with Crippen LogP contribution in [-0.4, -0.2) is 59.8 Å². The van der Waals surface area contributed by atoms with Crippen LogP contribution in [-0.2, 0) is 32.1 Å². The molecule has 0 fully saturated rings. The summed E-state index contributed by atoms with van der Waals surface area (Å²) >= 11 is 0. The molecule has 0 saturated heterocycles. The lowest BCUT2D eigenvalue weighted by molar-refractivity contribution is -0.138. The fraction of sp³-hybridized carbons (Fsp3) is 0.280. The fourth-order valence-electron chi connectivity index (χ4n) is 3.60. The average molecular weight is 526 g/mol. The molecule has 0 unspecified atom stereocenters. The van der Waals surface area contributed by atoms with Crippen molar-refractivity contribution in [2.45, 2.75) is 31.3 Å². The van der Waals surface area contributed by atoms with Crippen LogP contribution >= 0.6 is 0 Å². The number of carbonyl (C=O) groups is 4. The molecule has 0 bridgehead atoms.